The lowest BCUT2D eigenvalue weighted by molar-refractivity contribution is -0.121. The van der Waals surface area contributed by atoms with E-state index in [1.54, 1.807) is 12.4 Å². The summed E-state index contributed by atoms with van der Waals surface area (Å²) in [5.74, 6) is 0.0529. The van der Waals surface area contributed by atoms with Crippen LogP contribution in [0.15, 0.2) is 53.3 Å². The monoisotopic (exact) mass is 332 g/mol. The molecule has 0 spiro atoms. The van der Waals surface area contributed by atoms with E-state index in [4.69, 9.17) is 0 Å². The molecule has 1 aromatic heterocycles. The average molecular weight is 333 g/mol. The SMILES string of the molecule is C[C@@H](NC(=O)CCc1cccnc1)c1ccccc1Br. The van der Waals surface area contributed by atoms with E-state index in [2.05, 4.69) is 26.2 Å². The van der Waals surface area contributed by atoms with Crippen LogP contribution in [-0.4, -0.2) is 10.9 Å². The van der Waals surface area contributed by atoms with E-state index in [0.29, 0.717) is 12.8 Å². The highest BCUT2D eigenvalue weighted by Crippen LogP contribution is 2.22. The Morgan fingerprint density at radius 2 is 2.10 bits per heavy atom. The fourth-order valence-electron chi connectivity index (χ4n) is 2.02. The van der Waals surface area contributed by atoms with Crippen LogP contribution >= 0.6 is 15.9 Å². The maximum atomic E-state index is 12.0. The molecule has 1 N–H and O–H groups in total. The van der Waals surface area contributed by atoms with Crippen molar-refractivity contribution in [3.63, 3.8) is 0 Å². The minimum absolute atomic E-state index is 0.00743. The molecule has 0 radical (unpaired) electrons. The van der Waals surface area contributed by atoms with Crippen molar-refractivity contribution in [2.45, 2.75) is 25.8 Å². The molecular formula is C16H17BrN2O. The van der Waals surface area contributed by atoms with E-state index >= 15 is 0 Å². The highest BCUT2D eigenvalue weighted by molar-refractivity contribution is 9.10. The van der Waals surface area contributed by atoms with E-state index in [0.717, 1.165) is 15.6 Å². The summed E-state index contributed by atoms with van der Waals surface area (Å²) in [6, 6.07) is 11.8. The molecule has 3 nitrogen and oxygen atoms in total. The number of hydrogen-bond acceptors (Lipinski definition) is 2. The molecule has 0 aliphatic heterocycles. The molecule has 0 unspecified atom stereocenters. The zero-order valence-electron chi connectivity index (χ0n) is 11.3. The lowest BCUT2D eigenvalue weighted by Gasteiger charge is -2.15. The molecule has 0 fully saturated rings. The van der Waals surface area contributed by atoms with Crippen LogP contribution in [0.3, 0.4) is 0 Å². The zero-order chi connectivity index (χ0) is 14.4. The number of aromatic nitrogens is 1. The smallest absolute Gasteiger partial charge is 0.220 e. The standard InChI is InChI=1S/C16H17BrN2O/c1-12(14-6-2-3-7-15(14)17)19-16(20)9-8-13-5-4-10-18-11-13/h2-7,10-12H,8-9H2,1H3,(H,19,20)/t12-/m1/s1. The number of nitrogens with one attached hydrogen (secondary N) is 1. The Bertz CT molecular complexity index is 572. The van der Waals surface area contributed by atoms with Gasteiger partial charge in [0.05, 0.1) is 6.04 Å². The van der Waals surface area contributed by atoms with Gasteiger partial charge in [0.2, 0.25) is 5.91 Å². The van der Waals surface area contributed by atoms with Crippen LogP contribution in [0.5, 0.6) is 0 Å². The van der Waals surface area contributed by atoms with Gasteiger partial charge in [-0.05, 0) is 36.6 Å². The molecule has 2 rings (SSSR count). The molecule has 1 aromatic carbocycles. The Morgan fingerprint density at radius 3 is 2.80 bits per heavy atom. The van der Waals surface area contributed by atoms with Gasteiger partial charge in [0.25, 0.3) is 0 Å². The first-order chi connectivity index (χ1) is 9.66. The Balaban J connectivity index is 1.87. The van der Waals surface area contributed by atoms with E-state index in [-0.39, 0.29) is 11.9 Å². The van der Waals surface area contributed by atoms with Crippen LogP contribution in [0.4, 0.5) is 0 Å². The van der Waals surface area contributed by atoms with Gasteiger partial charge >= 0.3 is 0 Å². The van der Waals surface area contributed by atoms with Gasteiger partial charge in [0, 0.05) is 23.3 Å². The van der Waals surface area contributed by atoms with Crippen LogP contribution in [0.2, 0.25) is 0 Å². The summed E-state index contributed by atoms with van der Waals surface area (Å²) in [7, 11) is 0. The lowest BCUT2D eigenvalue weighted by Crippen LogP contribution is -2.27. The van der Waals surface area contributed by atoms with Crippen molar-refractivity contribution < 1.29 is 4.79 Å². The molecule has 0 saturated heterocycles. The second-order valence-electron chi connectivity index (χ2n) is 4.67. The van der Waals surface area contributed by atoms with Crippen molar-refractivity contribution in [1.82, 2.24) is 10.3 Å². The number of aryl methyl sites for hydroxylation is 1. The van der Waals surface area contributed by atoms with Crippen molar-refractivity contribution in [2.75, 3.05) is 0 Å². The van der Waals surface area contributed by atoms with Crippen LogP contribution in [0, 0.1) is 0 Å². The second kappa shape index (κ2) is 7.20. The second-order valence-corrected chi connectivity index (χ2v) is 5.53. The first kappa shape index (κ1) is 14.7. The topological polar surface area (TPSA) is 42.0 Å². The minimum Gasteiger partial charge on any atom is -0.350 e. The third kappa shape index (κ3) is 4.17. The molecule has 20 heavy (non-hydrogen) atoms. The number of amides is 1. The highest BCUT2D eigenvalue weighted by atomic mass is 79.9. The van der Waals surface area contributed by atoms with Crippen LogP contribution in [-0.2, 0) is 11.2 Å². The predicted octanol–water partition coefficient (Wildman–Crippen LogP) is 3.65. The Kier molecular flexibility index (Phi) is 5.30. The molecule has 2 aromatic rings. The van der Waals surface area contributed by atoms with Crippen molar-refractivity contribution in [1.29, 1.82) is 0 Å². The summed E-state index contributed by atoms with van der Waals surface area (Å²) in [4.78, 5) is 16.0. The Hall–Kier alpha value is -1.68. The van der Waals surface area contributed by atoms with Gasteiger partial charge in [-0.3, -0.25) is 9.78 Å². The summed E-state index contributed by atoms with van der Waals surface area (Å²) in [5.41, 5.74) is 2.17. The molecule has 0 aliphatic carbocycles. The Labute approximate surface area is 127 Å². The quantitative estimate of drug-likeness (QED) is 0.907. The summed E-state index contributed by atoms with van der Waals surface area (Å²) in [5, 5.41) is 3.02. The number of nitrogens with zero attached hydrogens (tertiary/aromatic N) is 1. The normalized spacial score (nSPS) is 11.9. The van der Waals surface area contributed by atoms with Crippen LogP contribution in [0.25, 0.3) is 0 Å². The number of pyridine rings is 1. The fraction of sp³-hybridized carbons (Fsp3) is 0.250. The third-order valence-corrected chi connectivity index (χ3v) is 3.83. The molecule has 0 bridgehead atoms. The lowest BCUT2D eigenvalue weighted by atomic mass is 10.1. The van der Waals surface area contributed by atoms with E-state index in [9.17, 15) is 4.79 Å². The van der Waals surface area contributed by atoms with Gasteiger partial charge in [-0.1, -0.05) is 40.2 Å². The molecule has 4 heteroatoms. The average Bonchev–Trinajstić information content (AvgIpc) is 2.46. The van der Waals surface area contributed by atoms with Gasteiger partial charge in [0.1, 0.15) is 0 Å². The predicted molar refractivity (Wildman–Crippen MR) is 83.3 cm³/mol. The maximum absolute atomic E-state index is 12.0. The van der Waals surface area contributed by atoms with E-state index in [1.165, 1.54) is 0 Å². The van der Waals surface area contributed by atoms with Crippen molar-refractivity contribution in [2.24, 2.45) is 0 Å². The van der Waals surface area contributed by atoms with Crippen LogP contribution in [0.1, 0.15) is 30.5 Å². The number of benzene rings is 1. The first-order valence-corrected chi connectivity index (χ1v) is 7.39. The summed E-state index contributed by atoms with van der Waals surface area (Å²) < 4.78 is 1.01. The van der Waals surface area contributed by atoms with E-state index in [1.807, 2.05) is 43.3 Å². The largest absolute Gasteiger partial charge is 0.350 e. The molecule has 104 valence electrons. The number of hydrogen-bond donors (Lipinski definition) is 1. The number of carbonyl (C=O) groups is 1. The van der Waals surface area contributed by atoms with E-state index < -0.39 is 0 Å². The van der Waals surface area contributed by atoms with Crippen LogP contribution < -0.4 is 5.32 Å². The van der Waals surface area contributed by atoms with Gasteiger partial charge in [-0.2, -0.15) is 0 Å². The highest BCUT2D eigenvalue weighted by Gasteiger charge is 2.11. The maximum Gasteiger partial charge on any atom is 0.220 e. The molecule has 1 atom stereocenters. The van der Waals surface area contributed by atoms with Crippen molar-refractivity contribution in [3.8, 4) is 0 Å². The van der Waals surface area contributed by atoms with Gasteiger partial charge in [0.15, 0.2) is 0 Å². The fourth-order valence-corrected chi connectivity index (χ4v) is 2.65. The zero-order valence-corrected chi connectivity index (χ0v) is 12.9. The minimum atomic E-state index is -0.00743. The van der Waals surface area contributed by atoms with Crippen molar-refractivity contribution >= 4 is 21.8 Å². The van der Waals surface area contributed by atoms with Gasteiger partial charge in [-0.25, -0.2) is 0 Å². The van der Waals surface area contributed by atoms with Crippen molar-refractivity contribution in [3.05, 3.63) is 64.4 Å². The van der Waals surface area contributed by atoms with Gasteiger partial charge < -0.3 is 5.32 Å². The third-order valence-electron chi connectivity index (χ3n) is 3.11. The summed E-state index contributed by atoms with van der Waals surface area (Å²) in [6.07, 6.45) is 4.71. The molecule has 1 heterocycles. The number of rotatable bonds is 5. The molecular weight excluding hydrogens is 316 g/mol. The number of carbonyl (C=O) groups excluding carboxylic acids is 1. The Morgan fingerprint density at radius 1 is 1.30 bits per heavy atom. The number of halogens is 1. The first-order valence-electron chi connectivity index (χ1n) is 6.59. The molecule has 0 aliphatic rings. The molecule has 1 amide bonds. The summed E-state index contributed by atoms with van der Waals surface area (Å²) >= 11 is 3.50. The summed E-state index contributed by atoms with van der Waals surface area (Å²) in [6.45, 7) is 1.99. The molecule has 0 saturated carbocycles. The van der Waals surface area contributed by atoms with Gasteiger partial charge in [-0.15, -0.1) is 0 Å².